The number of benzene rings is 1. The minimum absolute atomic E-state index is 0.000518. The van der Waals surface area contributed by atoms with Gasteiger partial charge in [0.05, 0.1) is 17.3 Å². The molecule has 1 aromatic heterocycles. The number of ether oxygens (including phenoxy) is 1. The van der Waals surface area contributed by atoms with Gasteiger partial charge in [0.25, 0.3) is 5.91 Å². The average molecular weight is 308 g/mol. The number of primary amides is 1. The van der Waals surface area contributed by atoms with Gasteiger partial charge in [0, 0.05) is 11.8 Å². The predicted octanol–water partition coefficient (Wildman–Crippen LogP) is 2.01. The van der Waals surface area contributed by atoms with Gasteiger partial charge in [0.1, 0.15) is 5.75 Å². The van der Waals surface area contributed by atoms with Crippen LogP contribution in [-0.2, 0) is 0 Å². The average Bonchev–Trinajstić information content (AvgIpc) is 2.38. The molecule has 0 aliphatic heterocycles. The lowest BCUT2D eigenvalue weighted by atomic mass is 10.1. The summed E-state index contributed by atoms with van der Waals surface area (Å²) in [7, 11) is 1.59. The fraction of sp³-hybridized carbons (Fsp3) is 0.0833. The first-order valence-corrected chi connectivity index (χ1v) is 5.88. The third-order valence-electron chi connectivity index (χ3n) is 2.32. The zero-order valence-corrected chi connectivity index (χ0v) is 11.1. The molecule has 0 unspecified atom stereocenters. The number of nitrogens with zero attached hydrogens (tertiary/aromatic N) is 2. The molecule has 1 amide bonds. The maximum Gasteiger partial charge on any atom is 0.286 e. The second-order valence-corrected chi connectivity index (χ2v) is 4.33. The molecule has 0 saturated heterocycles. The van der Waals surface area contributed by atoms with E-state index in [1.165, 1.54) is 6.20 Å². The smallest absolute Gasteiger partial charge is 0.286 e. The van der Waals surface area contributed by atoms with Crippen LogP contribution in [0.2, 0.25) is 0 Å². The van der Waals surface area contributed by atoms with Gasteiger partial charge >= 0.3 is 0 Å². The third-order valence-corrected chi connectivity index (χ3v) is 2.94. The van der Waals surface area contributed by atoms with Crippen LogP contribution in [0, 0.1) is 0 Å². The molecular formula is C12H10BrN3O2. The summed E-state index contributed by atoms with van der Waals surface area (Å²) in [4.78, 5) is 18.9. The summed E-state index contributed by atoms with van der Waals surface area (Å²) in [5, 5.41) is 0. The van der Waals surface area contributed by atoms with Crippen LogP contribution >= 0.6 is 15.9 Å². The van der Waals surface area contributed by atoms with Crippen molar-refractivity contribution in [1.29, 1.82) is 0 Å². The Labute approximate surface area is 112 Å². The van der Waals surface area contributed by atoms with Crippen LogP contribution in [0.25, 0.3) is 11.3 Å². The van der Waals surface area contributed by atoms with Crippen molar-refractivity contribution in [3.05, 3.63) is 40.8 Å². The summed E-state index contributed by atoms with van der Waals surface area (Å²) >= 11 is 3.39. The zero-order chi connectivity index (χ0) is 13.1. The van der Waals surface area contributed by atoms with E-state index in [0.717, 1.165) is 15.8 Å². The van der Waals surface area contributed by atoms with Crippen molar-refractivity contribution in [2.45, 2.75) is 0 Å². The van der Waals surface area contributed by atoms with Crippen LogP contribution in [0.15, 0.2) is 34.9 Å². The van der Waals surface area contributed by atoms with Crippen molar-refractivity contribution in [3.63, 3.8) is 0 Å². The van der Waals surface area contributed by atoms with Gasteiger partial charge in [-0.3, -0.25) is 4.79 Å². The van der Waals surface area contributed by atoms with Crippen molar-refractivity contribution >= 4 is 21.8 Å². The first-order chi connectivity index (χ1) is 8.61. The molecule has 18 heavy (non-hydrogen) atoms. The highest BCUT2D eigenvalue weighted by Crippen LogP contribution is 2.29. The Balaban J connectivity index is 2.45. The summed E-state index contributed by atoms with van der Waals surface area (Å²) in [5.74, 6) is 0.0757. The monoisotopic (exact) mass is 307 g/mol. The van der Waals surface area contributed by atoms with E-state index in [1.807, 2.05) is 18.2 Å². The number of hydrogen-bond acceptors (Lipinski definition) is 4. The van der Waals surface area contributed by atoms with E-state index in [2.05, 4.69) is 25.9 Å². The zero-order valence-electron chi connectivity index (χ0n) is 9.55. The van der Waals surface area contributed by atoms with Crippen LogP contribution in [0.1, 0.15) is 10.6 Å². The molecule has 0 aliphatic carbocycles. The van der Waals surface area contributed by atoms with Crippen LogP contribution in [0.5, 0.6) is 5.75 Å². The second kappa shape index (κ2) is 5.14. The number of nitrogens with two attached hydrogens (primary N) is 1. The molecule has 0 radical (unpaired) electrons. The number of carbonyl (C=O) groups excluding carboxylic acids is 1. The number of methoxy groups -OCH3 is 1. The fourth-order valence-electron chi connectivity index (χ4n) is 1.46. The quantitative estimate of drug-likeness (QED) is 0.941. The van der Waals surface area contributed by atoms with Crippen molar-refractivity contribution < 1.29 is 9.53 Å². The number of amides is 1. The number of halogens is 1. The first kappa shape index (κ1) is 12.5. The van der Waals surface area contributed by atoms with E-state index < -0.39 is 5.91 Å². The molecule has 0 spiro atoms. The van der Waals surface area contributed by atoms with Gasteiger partial charge in [0.15, 0.2) is 0 Å². The Bertz CT molecular complexity index is 602. The lowest BCUT2D eigenvalue weighted by Crippen LogP contribution is -2.15. The molecule has 0 bridgehead atoms. The van der Waals surface area contributed by atoms with Gasteiger partial charge in [0.2, 0.25) is 5.82 Å². The van der Waals surface area contributed by atoms with E-state index in [0.29, 0.717) is 5.69 Å². The molecule has 6 heteroatoms. The molecule has 2 N–H and O–H groups in total. The Morgan fingerprint density at radius 3 is 2.78 bits per heavy atom. The van der Waals surface area contributed by atoms with Gasteiger partial charge in [-0.1, -0.05) is 0 Å². The number of hydrogen-bond donors (Lipinski definition) is 1. The van der Waals surface area contributed by atoms with Gasteiger partial charge < -0.3 is 10.5 Å². The summed E-state index contributed by atoms with van der Waals surface area (Å²) < 4.78 is 5.95. The minimum Gasteiger partial charge on any atom is -0.496 e. The van der Waals surface area contributed by atoms with Crippen LogP contribution in [0.4, 0.5) is 0 Å². The topological polar surface area (TPSA) is 78.1 Å². The standard InChI is InChI=1S/C12H10BrN3O2/c1-18-10-3-2-7(6-8(10)13)9-4-5-15-12(16-9)11(14)17/h2-6H,1H3,(H2,14,17). The van der Waals surface area contributed by atoms with Gasteiger partial charge in [-0.2, -0.15) is 0 Å². The van der Waals surface area contributed by atoms with E-state index in [1.54, 1.807) is 13.2 Å². The van der Waals surface area contributed by atoms with Crippen LogP contribution < -0.4 is 10.5 Å². The van der Waals surface area contributed by atoms with Crippen LogP contribution in [0.3, 0.4) is 0 Å². The van der Waals surface area contributed by atoms with Gasteiger partial charge in [-0.05, 0) is 40.2 Å². The Kier molecular flexibility index (Phi) is 3.57. The molecule has 2 aromatic rings. The molecular weight excluding hydrogens is 298 g/mol. The normalized spacial score (nSPS) is 10.1. The molecule has 2 rings (SSSR count). The lowest BCUT2D eigenvalue weighted by molar-refractivity contribution is 0.0990. The van der Waals surface area contributed by atoms with Gasteiger partial charge in [-0.25, -0.2) is 9.97 Å². The van der Waals surface area contributed by atoms with E-state index in [-0.39, 0.29) is 5.82 Å². The highest BCUT2D eigenvalue weighted by Gasteiger charge is 2.08. The summed E-state index contributed by atoms with van der Waals surface area (Å²) in [6.07, 6.45) is 1.50. The van der Waals surface area contributed by atoms with Crippen LogP contribution in [-0.4, -0.2) is 23.0 Å². The molecule has 0 aliphatic rings. The summed E-state index contributed by atoms with van der Waals surface area (Å²) in [6, 6.07) is 7.22. The Morgan fingerprint density at radius 1 is 1.39 bits per heavy atom. The Morgan fingerprint density at radius 2 is 2.17 bits per heavy atom. The van der Waals surface area contributed by atoms with Crippen molar-refractivity contribution in [2.24, 2.45) is 5.73 Å². The third kappa shape index (κ3) is 2.48. The molecule has 0 fully saturated rings. The highest BCUT2D eigenvalue weighted by molar-refractivity contribution is 9.10. The largest absolute Gasteiger partial charge is 0.496 e. The molecule has 92 valence electrons. The van der Waals surface area contributed by atoms with Gasteiger partial charge in [-0.15, -0.1) is 0 Å². The molecule has 1 aromatic carbocycles. The molecule has 0 saturated carbocycles. The Hall–Kier alpha value is -1.95. The van der Waals surface area contributed by atoms with Crippen molar-refractivity contribution in [1.82, 2.24) is 9.97 Å². The number of rotatable bonds is 3. The predicted molar refractivity (Wildman–Crippen MR) is 70.2 cm³/mol. The minimum atomic E-state index is -0.649. The summed E-state index contributed by atoms with van der Waals surface area (Å²) in [5.41, 5.74) is 6.61. The summed E-state index contributed by atoms with van der Waals surface area (Å²) in [6.45, 7) is 0. The van der Waals surface area contributed by atoms with E-state index in [4.69, 9.17) is 10.5 Å². The number of carbonyl (C=O) groups is 1. The maximum absolute atomic E-state index is 11.0. The van der Waals surface area contributed by atoms with E-state index in [9.17, 15) is 4.79 Å². The molecule has 0 atom stereocenters. The van der Waals surface area contributed by atoms with E-state index >= 15 is 0 Å². The fourth-order valence-corrected chi connectivity index (χ4v) is 2.00. The number of aromatic nitrogens is 2. The highest BCUT2D eigenvalue weighted by atomic mass is 79.9. The molecule has 1 heterocycles. The first-order valence-electron chi connectivity index (χ1n) is 5.08. The van der Waals surface area contributed by atoms with Crippen molar-refractivity contribution in [2.75, 3.05) is 7.11 Å². The lowest BCUT2D eigenvalue weighted by Gasteiger charge is -2.06. The SMILES string of the molecule is COc1ccc(-c2ccnc(C(N)=O)n2)cc1Br. The second-order valence-electron chi connectivity index (χ2n) is 3.48. The molecule has 5 nitrogen and oxygen atoms in total. The van der Waals surface area contributed by atoms with Crippen molar-refractivity contribution in [3.8, 4) is 17.0 Å². The maximum atomic E-state index is 11.0.